The summed E-state index contributed by atoms with van der Waals surface area (Å²) in [4.78, 5) is 46.2. The molecule has 2 heterocycles. The van der Waals surface area contributed by atoms with Crippen LogP contribution in [0.3, 0.4) is 0 Å². The van der Waals surface area contributed by atoms with Crippen LogP contribution in [0.1, 0.15) is 22.8 Å². The van der Waals surface area contributed by atoms with Crippen LogP contribution in [0.2, 0.25) is 0 Å². The molecule has 0 fully saturated rings. The highest BCUT2D eigenvalue weighted by atomic mass is 32.1. The number of esters is 1. The number of nitrogens with two attached hydrogens (primary N) is 1. The van der Waals surface area contributed by atoms with Crippen LogP contribution in [-0.4, -0.2) is 21.7 Å². The van der Waals surface area contributed by atoms with Crippen LogP contribution < -0.4 is 16.1 Å². The van der Waals surface area contributed by atoms with E-state index in [1.54, 1.807) is 41.8 Å². The van der Waals surface area contributed by atoms with Crippen molar-refractivity contribution in [3.8, 4) is 10.7 Å². The van der Waals surface area contributed by atoms with Crippen molar-refractivity contribution in [2.24, 2.45) is 0 Å². The maximum atomic E-state index is 12.8. The van der Waals surface area contributed by atoms with E-state index in [1.807, 2.05) is 6.07 Å². The summed E-state index contributed by atoms with van der Waals surface area (Å²) in [5, 5.41) is 1.76. The van der Waals surface area contributed by atoms with Crippen LogP contribution in [0.25, 0.3) is 10.7 Å². The minimum atomic E-state index is -0.951. The van der Waals surface area contributed by atoms with E-state index in [-0.39, 0.29) is 18.2 Å². The molecule has 1 aromatic carbocycles. The number of nitrogen functional groups attached to an aromatic ring is 1. The monoisotopic (exact) mass is 385 g/mol. The number of thiophene rings is 1. The number of carbonyl (C=O) groups excluding carboxylic acids is 2. The SMILES string of the molecule is CC(=O)On1c(-c2cccs2)nc(N)c(C(=O)OCc2ccccc2)c1=O. The second kappa shape index (κ2) is 7.83. The number of hydrogen-bond acceptors (Lipinski definition) is 8. The Bertz CT molecular complexity index is 1030. The molecule has 3 rings (SSSR count). The summed E-state index contributed by atoms with van der Waals surface area (Å²) in [6.07, 6.45) is 0. The third-order valence-electron chi connectivity index (χ3n) is 3.45. The lowest BCUT2D eigenvalue weighted by atomic mass is 10.2. The maximum absolute atomic E-state index is 12.8. The van der Waals surface area contributed by atoms with Gasteiger partial charge in [0.1, 0.15) is 12.4 Å². The molecule has 3 aromatic rings. The van der Waals surface area contributed by atoms with Crippen molar-refractivity contribution in [1.82, 2.24) is 9.71 Å². The number of aromatic nitrogens is 2. The lowest BCUT2D eigenvalue weighted by Gasteiger charge is -2.13. The first-order valence-corrected chi connectivity index (χ1v) is 8.71. The van der Waals surface area contributed by atoms with Crippen molar-refractivity contribution >= 4 is 29.1 Å². The molecule has 0 saturated heterocycles. The summed E-state index contributed by atoms with van der Waals surface area (Å²) in [5.74, 6) is -1.97. The number of anilines is 1. The van der Waals surface area contributed by atoms with Gasteiger partial charge in [-0.1, -0.05) is 36.4 Å². The number of rotatable bonds is 5. The fraction of sp³-hybridized carbons (Fsp3) is 0.111. The zero-order valence-corrected chi connectivity index (χ0v) is 15.1. The summed E-state index contributed by atoms with van der Waals surface area (Å²) in [7, 11) is 0. The van der Waals surface area contributed by atoms with Gasteiger partial charge in [0.15, 0.2) is 11.4 Å². The maximum Gasteiger partial charge on any atom is 0.348 e. The van der Waals surface area contributed by atoms with Gasteiger partial charge >= 0.3 is 17.5 Å². The van der Waals surface area contributed by atoms with Crippen LogP contribution in [0, 0.1) is 0 Å². The molecular weight excluding hydrogens is 370 g/mol. The van der Waals surface area contributed by atoms with Gasteiger partial charge in [0.25, 0.3) is 0 Å². The molecule has 0 radical (unpaired) electrons. The minimum absolute atomic E-state index is 0.0299. The predicted molar refractivity (Wildman–Crippen MR) is 99.0 cm³/mol. The minimum Gasteiger partial charge on any atom is -0.457 e. The fourth-order valence-corrected chi connectivity index (χ4v) is 2.98. The van der Waals surface area contributed by atoms with Gasteiger partial charge in [-0.3, -0.25) is 4.79 Å². The average molecular weight is 385 g/mol. The van der Waals surface area contributed by atoms with E-state index >= 15 is 0 Å². The molecule has 2 aromatic heterocycles. The molecule has 0 spiro atoms. The van der Waals surface area contributed by atoms with Crippen molar-refractivity contribution in [2.75, 3.05) is 5.73 Å². The van der Waals surface area contributed by atoms with Gasteiger partial charge in [-0.15, -0.1) is 16.1 Å². The normalized spacial score (nSPS) is 10.4. The molecular formula is C18H15N3O5S. The zero-order valence-electron chi connectivity index (χ0n) is 14.2. The Balaban J connectivity index is 1.99. The van der Waals surface area contributed by atoms with Gasteiger partial charge in [0.05, 0.1) is 4.88 Å². The van der Waals surface area contributed by atoms with E-state index in [2.05, 4.69) is 4.98 Å². The Hall–Kier alpha value is -3.46. The summed E-state index contributed by atoms with van der Waals surface area (Å²) in [5.41, 5.74) is 5.17. The average Bonchev–Trinajstić information content (AvgIpc) is 3.17. The number of ether oxygens (including phenoxy) is 1. The molecule has 8 nitrogen and oxygen atoms in total. The molecule has 0 amide bonds. The molecule has 0 aliphatic rings. The lowest BCUT2D eigenvalue weighted by molar-refractivity contribution is -0.141. The third-order valence-corrected chi connectivity index (χ3v) is 4.32. The quantitative estimate of drug-likeness (QED) is 0.667. The van der Waals surface area contributed by atoms with Gasteiger partial charge in [-0.05, 0) is 17.0 Å². The molecule has 2 N–H and O–H groups in total. The first kappa shape index (κ1) is 18.3. The summed E-state index contributed by atoms with van der Waals surface area (Å²) in [6.45, 7) is 1.09. The highest BCUT2D eigenvalue weighted by molar-refractivity contribution is 7.13. The van der Waals surface area contributed by atoms with E-state index in [4.69, 9.17) is 15.3 Å². The largest absolute Gasteiger partial charge is 0.457 e. The van der Waals surface area contributed by atoms with E-state index in [0.29, 0.717) is 9.61 Å². The van der Waals surface area contributed by atoms with Crippen LogP contribution in [0.4, 0.5) is 5.82 Å². The summed E-state index contributed by atoms with van der Waals surface area (Å²) >= 11 is 1.27. The summed E-state index contributed by atoms with van der Waals surface area (Å²) in [6, 6.07) is 12.4. The zero-order chi connectivity index (χ0) is 19.4. The Morgan fingerprint density at radius 2 is 1.93 bits per heavy atom. The summed E-state index contributed by atoms with van der Waals surface area (Å²) < 4.78 is 5.81. The fourth-order valence-electron chi connectivity index (χ4n) is 2.28. The van der Waals surface area contributed by atoms with Crippen molar-refractivity contribution in [3.05, 3.63) is 69.3 Å². The molecule has 27 heavy (non-hydrogen) atoms. The predicted octanol–water partition coefficient (Wildman–Crippen LogP) is 1.89. The first-order chi connectivity index (χ1) is 13.0. The number of carbonyl (C=O) groups is 2. The molecule has 138 valence electrons. The molecule has 0 atom stereocenters. The number of benzene rings is 1. The smallest absolute Gasteiger partial charge is 0.348 e. The van der Waals surface area contributed by atoms with Crippen LogP contribution in [0.15, 0.2) is 52.6 Å². The number of nitrogens with zero attached hydrogens (tertiary/aromatic N) is 2. The topological polar surface area (TPSA) is 114 Å². The third kappa shape index (κ3) is 4.04. The molecule has 0 aliphatic heterocycles. The van der Waals surface area contributed by atoms with Gasteiger partial charge in [-0.25, -0.2) is 14.6 Å². The molecule has 0 aliphatic carbocycles. The van der Waals surface area contributed by atoms with E-state index < -0.39 is 23.1 Å². The van der Waals surface area contributed by atoms with Crippen molar-refractivity contribution in [3.63, 3.8) is 0 Å². The second-order valence-electron chi connectivity index (χ2n) is 5.42. The van der Waals surface area contributed by atoms with Crippen molar-refractivity contribution in [2.45, 2.75) is 13.5 Å². The highest BCUT2D eigenvalue weighted by Gasteiger charge is 2.25. The Labute approximate surface area is 157 Å². The van der Waals surface area contributed by atoms with Crippen LogP contribution in [0.5, 0.6) is 0 Å². The number of hydrogen-bond donors (Lipinski definition) is 1. The van der Waals surface area contributed by atoms with Gasteiger partial charge in [-0.2, -0.15) is 0 Å². The lowest BCUT2D eigenvalue weighted by Crippen LogP contribution is -2.36. The van der Waals surface area contributed by atoms with Crippen LogP contribution >= 0.6 is 11.3 Å². The van der Waals surface area contributed by atoms with Gasteiger partial charge in [0.2, 0.25) is 0 Å². The van der Waals surface area contributed by atoms with Crippen LogP contribution in [-0.2, 0) is 16.1 Å². The molecule has 0 saturated carbocycles. The molecule has 0 unspecified atom stereocenters. The van der Waals surface area contributed by atoms with Gasteiger partial charge in [0, 0.05) is 6.92 Å². The molecule has 9 heteroatoms. The molecule has 0 bridgehead atoms. The second-order valence-corrected chi connectivity index (χ2v) is 6.36. The highest BCUT2D eigenvalue weighted by Crippen LogP contribution is 2.23. The Morgan fingerprint density at radius 3 is 2.56 bits per heavy atom. The van der Waals surface area contributed by atoms with E-state index in [0.717, 1.165) is 12.5 Å². The van der Waals surface area contributed by atoms with Crippen molar-refractivity contribution in [1.29, 1.82) is 0 Å². The van der Waals surface area contributed by atoms with E-state index in [9.17, 15) is 14.4 Å². The van der Waals surface area contributed by atoms with Gasteiger partial charge < -0.3 is 15.3 Å². The van der Waals surface area contributed by atoms with E-state index in [1.165, 1.54) is 11.3 Å². The Kier molecular flexibility index (Phi) is 5.32. The standard InChI is InChI=1S/C18H15N3O5S/c1-11(22)26-21-16(13-8-5-9-27-13)20-15(19)14(17(21)23)18(24)25-10-12-6-3-2-4-7-12/h2-9H,10,19H2,1H3. The first-order valence-electron chi connectivity index (χ1n) is 7.83. The van der Waals surface area contributed by atoms with Crippen molar-refractivity contribution < 1.29 is 19.2 Å². The Morgan fingerprint density at radius 1 is 1.19 bits per heavy atom.